The molecule has 0 atom stereocenters. The second kappa shape index (κ2) is 7.64. The number of aromatic nitrogens is 3. The number of rotatable bonds is 5. The zero-order chi connectivity index (χ0) is 19.5. The summed E-state index contributed by atoms with van der Waals surface area (Å²) in [6, 6.07) is 19.7. The van der Waals surface area contributed by atoms with Gasteiger partial charge in [0.25, 0.3) is 0 Å². The number of carbonyl (C=O) groups is 1. The summed E-state index contributed by atoms with van der Waals surface area (Å²) >= 11 is 0. The van der Waals surface area contributed by atoms with Crippen molar-refractivity contribution >= 4 is 17.0 Å². The van der Waals surface area contributed by atoms with Crippen LogP contribution in [0.5, 0.6) is 0 Å². The average Bonchev–Trinajstić information content (AvgIpc) is 3.17. The molecule has 0 aliphatic rings. The van der Waals surface area contributed by atoms with Crippen LogP contribution in [0.3, 0.4) is 0 Å². The molecule has 4 aromatic rings. The van der Waals surface area contributed by atoms with Gasteiger partial charge >= 0.3 is 5.97 Å². The molecule has 0 amide bonds. The number of fused-ring (bicyclic) bond motifs is 1. The Labute approximate surface area is 163 Å². The Kier molecular flexibility index (Phi) is 4.89. The van der Waals surface area contributed by atoms with E-state index in [0.717, 1.165) is 40.0 Å². The number of carbonyl (C=O) groups excluding carboxylic acids is 1. The van der Waals surface area contributed by atoms with Crippen LogP contribution in [0.4, 0.5) is 0 Å². The average molecular weight is 371 g/mol. The molecule has 0 aliphatic carbocycles. The minimum atomic E-state index is -0.315. The minimum absolute atomic E-state index is 0.315. The summed E-state index contributed by atoms with van der Waals surface area (Å²) in [5.74, 6) is -0.315. The van der Waals surface area contributed by atoms with Gasteiger partial charge in [0.2, 0.25) is 0 Å². The van der Waals surface area contributed by atoms with Crippen LogP contribution in [0, 0.1) is 0 Å². The van der Waals surface area contributed by atoms with E-state index in [0.29, 0.717) is 12.2 Å². The first-order valence-corrected chi connectivity index (χ1v) is 9.41. The largest absolute Gasteiger partial charge is 0.462 e. The Morgan fingerprint density at radius 1 is 0.929 bits per heavy atom. The smallest absolute Gasteiger partial charge is 0.338 e. The molecule has 0 aliphatic heterocycles. The van der Waals surface area contributed by atoms with Crippen LogP contribution in [-0.2, 0) is 11.2 Å². The summed E-state index contributed by atoms with van der Waals surface area (Å²) in [5.41, 5.74) is 6.28. The normalized spacial score (nSPS) is 10.9. The molecule has 0 radical (unpaired) electrons. The Morgan fingerprint density at radius 2 is 1.64 bits per heavy atom. The maximum absolute atomic E-state index is 11.8. The molecular weight excluding hydrogens is 350 g/mol. The monoisotopic (exact) mass is 371 g/mol. The number of hydrogen-bond donors (Lipinski definition) is 1. The van der Waals surface area contributed by atoms with E-state index in [-0.39, 0.29) is 5.97 Å². The highest BCUT2D eigenvalue weighted by atomic mass is 16.5. The molecule has 5 heteroatoms. The molecule has 1 N–H and O–H groups in total. The molecule has 4 rings (SSSR count). The first kappa shape index (κ1) is 17.9. The maximum atomic E-state index is 11.8. The lowest BCUT2D eigenvalue weighted by atomic mass is 10.0. The number of nitrogens with zero attached hydrogens (tertiary/aromatic N) is 2. The number of aryl methyl sites for hydroxylation is 1. The molecule has 2 aromatic carbocycles. The SMILES string of the molecule is CCOC(=O)c1ccc(-c2ccc3c(-c4ccc(CC)cc4)n[nH]c3n2)cc1. The van der Waals surface area contributed by atoms with Gasteiger partial charge in [0, 0.05) is 16.5 Å². The molecule has 28 heavy (non-hydrogen) atoms. The van der Waals surface area contributed by atoms with Gasteiger partial charge in [-0.2, -0.15) is 5.10 Å². The van der Waals surface area contributed by atoms with Crippen molar-refractivity contribution in [2.45, 2.75) is 20.3 Å². The predicted octanol–water partition coefficient (Wildman–Crippen LogP) is 5.03. The third-order valence-electron chi connectivity index (χ3n) is 4.75. The number of hydrogen-bond acceptors (Lipinski definition) is 4. The molecule has 140 valence electrons. The third kappa shape index (κ3) is 3.39. The second-order valence-electron chi connectivity index (χ2n) is 6.51. The van der Waals surface area contributed by atoms with Crippen molar-refractivity contribution in [2.75, 3.05) is 6.61 Å². The van der Waals surface area contributed by atoms with Crippen LogP contribution < -0.4 is 0 Å². The number of H-pyrrole nitrogens is 1. The van der Waals surface area contributed by atoms with Crippen molar-refractivity contribution in [2.24, 2.45) is 0 Å². The Bertz CT molecular complexity index is 1110. The summed E-state index contributed by atoms with van der Waals surface area (Å²) in [6.07, 6.45) is 1.02. The predicted molar refractivity (Wildman–Crippen MR) is 110 cm³/mol. The lowest BCUT2D eigenvalue weighted by molar-refractivity contribution is 0.0526. The standard InChI is InChI=1S/C23H21N3O2/c1-3-15-5-7-17(8-6-15)21-19-13-14-20(24-22(19)26-25-21)16-9-11-18(12-10-16)23(27)28-4-2/h5-14H,3-4H2,1-2H3,(H,24,25,26). The van der Waals surface area contributed by atoms with Crippen molar-refractivity contribution < 1.29 is 9.53 Å². The second-order valence-corrected chi connectivity index (χ2v) is 6.51. The van der Waals surface area contributed by atoms with Gasteiger partial charge in [-0.15, -0.1) is 0 Å². The van der Waals surface area contributed by atoms with E-state index in [1.807, 2.05) is 24.3 Å². The van der Waals surface area contributed by atoms with Gasteiger partial charge in [-0.1, -0.05) is 43.3 Å². The van der Waals surface area contributed by atoms with E-state index in [1.165, 1.54) is 5.56 Å². The number of aromatic amines is 1. The first-order chi connectivity index (χ1) is 13.7. The zero-order valence-corrected chi connectivity index (χ0v) is 15.9. The highest BCUT2D eigenvalue weighted by molar-refractivity contribution is 5.92. The number of benzene rings is 2. The topological polar surface area (TPSA) is 67.9 Å². The molecule has 0 spiro atoms. The summed E-state index contributed by atoms with van der Waals surface area (Å²) in [7, 11) is 0. The molecule has 5 nitrogen and oxygen atoms in total. The molecule has 0 fully saturated rings. The number of pyridine rings is 1. The molecule has 2 heterocycles. The summed E-state index contributed by atoms with van der Waals surface area (Å²) < 4.78 is 5.02. The van der Waals surface area contributed by atoms with Crippen molar-refractivity contribution in [3.63, 3.8) is 0 Å². The minimum Gasteiger partial charge on any atom is -0.462 e. The van der Waals surface area contributed by atoms with Crippen molar-refractivity contribution in [1.82, 2.24) is 15.2 Å². The number of esters is 1. The Hall–Kier alpha value is -3.47. The van der Waals surface area contributed by atoms with Crippen LogP contribution in [0.15, 0.2) is 60.7 Å². The van der Waals surface area contributed by atoms with E-state index < -0.39 is 0 Å². The maximum Gasteiger partial charge on any atom is 0.338 e. The fraction of sp³-hybridized carbons (Fsp3) is 0.174. The number of nitrogens with one attached hydrogen (secondary N) is 1. The van der Waals surface area contributed by atoms with Crippen molar-refractivity contribution in [1.29, 1.82) is 0 Å². The van der Waals surface area contributed by atoms with Gasteiger partial charge in [0.1, 0.15) is 5.69 Å². The molecule has 0 saturated heterocycles. The molecular formula is C23H21N3O2. The van der Waals surface area contributed by atoms with Crippen LogP contribution in [-0.4, -0.2) is 27.8 Å². The van der Waals surface area contributed by atoms with Crippen LogP contribution >= 0.6 is 0 Å². The fourth-order valence-electron chi connectivity index (χ4n) is 3.18. The van der Waals surface area contributed by atoms with Gasteiger partial charge in [-0.05, 0) is 43.2 Å². The van der Waals surface area contributed by atoms with Crippen LogP contribution in [0.1, 0.15) is 29.8 Å². The quantitative estimate of drug-likeness (QED) is 0.500. The number of ether oxygens (including phenoxy) is 1. The molecule has 0 bridgehead atoms. The molecule has 0 unspecified atom stereocenters. The van der Waals surface area contributed by atoms with E-state index in [4.69, 9.17) is 9.72 Å². The van der Waals surface area contributed by atoms with E-state index >= 15 is 0 Å². The summed E-state index contributed by atoms with van der Waals surface area (Å²) in [6.45, 7) is 4.30. The highest BCUT2D eigenvalue weighted by Crippen LogP contribution is 2.28. The van der Waals surface area contributed by atoms with Crippen molar-refractivity contribution in [3.05, 3.63) is 71.8 Å². The molecule has 0 saturated carbocycles. The summed E-state index contributed by atoms with van der Waals surface area (Å²) in [4.78, 5) is 16.5. The lowest BCUT2D eigenvalue weighted by Crippen LogP contribution is -2.04. The lowest BCUT2D eigenvalue weighted by Gasteiger charge is -2.04. The highest BCUT2D eigenvalue weighted by Gasteiger charge is 2.11. The van der Waals surface area contributed by atoms with Gasteiger partial charge < -0.3 is 4.74 Å². The third-order valence-corrected chi connectivity index (χ3v) is 4.75. The van der Waals surface area contributed by atoms with Crippen LogP contribution in [0.25, 0.3) is 33.5 Å². The van der Waals surface area contributed by atoms with Gasteiger partial charge in [-0.25, -0.2) is 9.78 Å². The Balaban J connectivity index is 1.64. The van der Waals surface area contributed by atoms with E-state index in [2.05, 4.69) is 41.4 Å². The van der Waals surface area contributed by atoms with Crippen molar-refractivity contribution in [3.8, 4) is 22.5 Å². The van der Waals surface area contributed by atoms with Crippen LogP contribution in [0.2, 0.25) is 0 Å². The first-order valence-electron chi connectivity index (χ1n) is 9.41. The van der Waals surface area contributed by atoms with E-state index in [9.17, 15) is 4.79 Å². The van der Waals surface area contributed by atoms with Gasteiger partial charge in [0.15, 0.2) is 5.65 Å². The van der Waals surface area contributed by atoms with Gasteiger partial charge in [0.05, 0.1) is 17.9 Å². The van der Waals surface area contributed by atoms with Gasteiger partial charge in [-0.3, -0.25) is 5.10 Å². The molecule has 2 aromatic heterocycles. The zero-order valence-electron chi connectivity index (χ0n) is 15.9. The summed E-state index contributed by atoms with van der Waals surface area (Å²) in [5, 5.41) is 8.48. The van der Waals surface area contributed by atoms with E-state index in [1.54, 1.807) is 19.1 Å². The fourth-order valence-corrected chi connectivity index (χ4v) is 3.18. The Morgan fingerprint density at radius 3 is 2.32 bits per heavy atom.